The van der Waals surface area contributed by atoms with Crippen molar-refractivity contribution in [1.29, 1.82) is 0 Å². The van der Waals surface area contributed by atoms with E-state index < -0.39 is 17.1 Å². The first-order valence-corrected chi connectivity index (χ1v) is 12.2. The van der Waals surface area contributed by atoms with Gasteiger partial charge in [-0.05, 0) is 54.2 Å². The molecule has 9 heteroatoms. The number of hydrogen-bond donors (Lipinski definition) is 1. The van der Waals surface area contributed by atoms with E-state index in [-0.39, 0.29) is 18.1 Å². The van der Waals surface area contributed by atoms with E-state index in [0.29, 0.717) is 22.0 Å². The summed E-state index contributed by atoms with van der Waals surface area (Å²) < 4.78 is 6.74. The second kappa shape index (κ2) is 10.9. The van der Waals surface area contributed by atoms with Gasteiger partial charge in [-0.1, -0.05) is 63.9 Å². The lowest BCUT2D eigenvalue weighted by molar-refractivity contribution is -0.127. The monoisotopic (exact) mass is 556 g/mol. The van der Waals surface area contributed by atoms with Gasteiger partial charge in [0, 0.05) is 26.3 Å². The van der Waals surface area contributed by atoms with Gasteiger partial charge in [-0.3, -0.25) is 19.3 Å². The number of para-hydroxylation sites is 1. The number of carbonyl (C=O) groups excluding carboxylic acids is 3. The van der Waals surface area contributed by atoms with Crippen LogP contribution in [0.4, 0.5) is 10.5 Å². The molecule has 1 aliphatic rings. The Morgan fingerprint density at radius 2 is 1.79 bits per heavy atom. The van der Waals surface area contributed by atoms with Crippen LogP contribution in [0.1, 0.15) is 11.1 Å². The van der Waals surface area contributed by atoms with E-state index in [1.165, 1.54) is 0 Å². The molecule has 0 saturated carbocycles. The van der Waals surface area contributed by atoms with Gasteiger partial charge in [-0.15, -0.1) is 0 Å². The summed E-state index contributed by atoms with van der Waals surface area (Å²) in [4.78, 5) is 38.8. The second-order valence-electron chi connectivity index (χ2n) is 7.24. The number of amides is 3. The molecule has 6 nitrogen and oxygen atoms in total. The van der Waals surface area contributed by atoms with Crippen molar-refractivity contribution in [3.63, 3.8) is 0 Å². The third-order valence-corrected chi connectivity index (χ3v) is 6.60. The van der Waals surface area contributed by atoms with Crippen molar-refractivity contribution in [3.05, 3.63) is 98.3 Å². The lowest BCUT2D eigenvalue weighted by Gasteiger charge is -2.13. The van der Waals surface area contributed by atoms with Gasteiger partial charge in [0.25, 0.3) is 11.1 Å². The van der Waals surface area contributed by atoms with Crippen LogP contribution < -0.4 is 10.1 Å². The molecule has 0 atom stereocenters. The Kier molecular flexibility index (Phi) is 7.72. The largest absolute Gasteiger partial charge is 0.488 e. The number of rotatable bonds is 7. The molecule has 0 bridgehead atoms. The van der Waals surface area contributed by atoms with Crippen molar-refractivity contribution in [2.45, 2.75) is 6.61 Å². The maximum Gasteiger partial charge on any atom is 0.294 e. The molecule has 0 radical (unpaired) electrons. The van der Waals surface area contributed by atoms with Gasteiger partial charge in [-0.25, -0.2) is 0 Å². The lowest BCUT2D eigenvalue weighted by Crippen LogP contribution is -2.36. The summed E-state index contributed by atoms with van der Waals surface area (Å²) in [7, 11) is 0. The van der Waals surface area contributed by atoms with Crippen LogP contribution in [0.2, 0.25) is 5.02 Å². The van der Waals surface area contributed by atoms with E-state index in [2.05, 4.69) is 21.2 Å². The number of halogens is 2. The highest BCUT2D eigenvalue weighted by molar-refractivity contribution is 9.10. The normalized spacial score (nSPS) is 14.5. The van der Waals surface area contributed by atoms with Crippen molar-refractivity contribution in [2.24, 2.45) is 0 Å². The minimum absolute atomic E-state index is 0.207. The second-order valence-corrected chi connectivity index (χ2v) is 9.56. The van der Waals surface area contributed by atoms with Gasteiger partial charge < -0.3 is 10.1 Å². The van der Waals surface area contributed by atoms with Gasteiger partial charge in [0.1, 0.15) is 18.9 Å². The molecule has 1 N–H and O–H groups in total. The van der Waals surface area contributed by atoms with Crippen molar-refractivity contribution in [3.8, 4) is 5.75 Å². The molecule has 34 heavy (non-hydrogen) atoms. The molecule has 1 aliphatic heterocycles. The molecule has 1 heterocycles. The quantitative estimate of drug-likeness (QED) is 0.342. The van der Waals surface area contributed by atoms with Crippen LogP contribution in [0, 0.1) is 0 Å². The number of nitrogens with one attached hydrogen (secondary N) is 1. The van der Waals surface area contributed by atoms with Gasteiger partial charge in [0.05, 0.1) is 4.91 Å². The summed E-state index contributed by atoms with van der Waals surface area (Å²) in [5, 5.41) is 2.76. The Morgan fingerprint density at radius 1 is 1.06 bits per heavy atom. The van der Waals surface area contributed by atoms with Crippen LogP contribution in [0.25, 0.3) is 6.08 Å². The molecule has 0 aromatic heterocycles. The topological polar surface area (TPSA) is 75.7 Å². The van der Waals surface area contributed by atoms with Gasteiger partial charge in [0.15, 0.2) is 0 Å². The molecule has 3 amide bonds. The molecule has 0 unspecified atom stereocenters. The zero-order valence-corrected chi connectivity index (χ0v) is 20.8. The maximum atomic E-state index is 12.9. The number of hydrogen-bond acceptors (Lipinski definition) is 5. The third-order valence-electron chi connectivity index (χ3n) is 4.83. The van der Waals surface area contributed by atoms with Crippen LogP contribution in [0.5, 0.6) is 5.75 Å². The molecule has 1 fully saturated rings. The van der Waals surface area contributed by atoms with Crippen LogP contribution in [-0.2, 0) is 16.2 Å². The summed E-state index contributed by atoms with van der Waals surface area (Å²) in [6, 6.07) is 21.6. The first-order valence-electron chi connectivity index (χ1n) is 10.2. The fourth-order valence-electron chi connectivity index (χ4n) is 3.18. The highest BCUT2D eigenvalue weighted by Crippen LogP contribution is 2.35. The zero-order chi connectivity index (χ0) is 24.1. The smallest absolute Gasteiger partial charge is 0.294 e. The number of ether oxygens (including phenoxy) is 1. The molecule has 0 aliphatic carbocycles. The van der Waals surface area contributed by atoms with Gasteiger partial charge in [0.2, 0.25) is 5.91 Å². The highest BCUT2D eigenvalue weighted by Gasteiger charge is 2.36. The van der Waals surface area contributed by atoms with Gasteiger partial charge in [-0.2, -0.15) is 0 Å². The molecule has 3 aromatic rings. The Morgan fingerprint density at radius 3 is 2.56 bits per heavy atom. The fourth-order valence-corrected chi connectivity index (χ4v) is 4.58. The molecule has 4 rings (SSSR count). The molecular weight excluding hydrogens is 540 g/mol. The van der Waals surface area contributed by atoms with Crippen molar-refractivity contribution >= 4 is 68.1 Å². The SMILES string of the molecule is O=C(CN1C(=O)S/C(=C\c2cc(Br)ccc2OCc2ccccc2Cl)C1=O)Nc1ccccc1. The lowest BCUT2D eigenvalue weighted by atomic mass is 10.1. The van der Waals surface area contributed by atoms with Crippen LogP contribution >= 0.6 is 39.3 Å². The Bertz CT molecular complexity index is 1280. The maximum absolute atomic E-state index is 12.9. The van der Waals surface area contributed by atoms with E-state index in [9.17, 15) is 14.4 Å². The van der Waals surface area contributed by atoms with Crippen LogP contribution in [0.3, 0.4) is 0 Å². The van der Waals surface area contributed by atoms with Gasteiger partial charge >= 0.3 is 0 Å². The van der Waals surface area contributed by atoms with Crippen LogP contribution in [-0.4, -0.2) is 28.5 Å². The minimum Gasteiger partial charge on any atom is -0.488 e. The van der Waals surface area contributed by atoms with E-state index in [4.69, 9.17) is 16.3 Å². The number of thioether (sulfide) groups is 1. The summed E-state index contributed by atoms with van der Waals surface area (Å²) in [5.41, 5.74) is 2.02. The molecule has 3 aromatic carbocycles. The Hall–Kier alpha value is -3.07. The van der Waals surface area contributed by atoms with Crippen molar-refractivity contribution in [1.82, 2.24) is 4.90 Å². The average molecular weight is 558 g/mol. The molecule has 172 valence electrons. The predicted octanol–water partition coefficient (Wildman–Crippen LogP) is 6.36. The number of carbonyl (C=O) groups is 3. The standard InChI is InChI=1S/C25H18BrClN2O4S/c26-18-10-11-21(33-15-16-6-4-5-9-20(16)27)17(12-18)13-22-24(31)29(25(32)34-22)14-23(30)28-19-7-2-1-3-8-19/h1-13H,14-15H2,(H,28,30)/b22-13-. The first-order chi connectivity index (χ1) is 16.4. The van der Waals surface area contributed by atoms with E-state index in [1.807, 2.05) is 30.3 Å². The zero-order valence-electron chi connectivity index (χ0n) is 17.7. The molecular formula is C25H18BrClN2O4S. The average Bonchev–Trinajstić information content (AvgIpc) is 3.07. The van der Waals surface area contributed by atoms with E-state index >= 15 is 0 Å². The fraction of sp³-hybridized carbons (Fsp3) is 0.0800. The van der Waals surface area contributed by atoms with Crippen molar-refractivity contribution in [2.75, 3.05) is 11.9 Å². The summed E-state index contributed by atoms with van der Waals surface area (Å²) >= 11 is 10.4. The first kappa shape index (κ1) is 24.1. The Balaban J connectivity index is 1.49. The summed E-state index contributed by atoms with van der Waals surface area (Å²) in [6.45, 7) is -0.130. The summed E-state index contributed by atoms with van der Waals surface area (Å²) in [5.74, 6) is -0.465. The number of imide groups is 1. The van der Waals surface area contributed by atoms with Crippen LogP contribution in [0.15, 0.2) is 82.2 Å². The van der Waals surface area contributed by atoms with E-state index in [0.717, 1.165) is 26.7 Å². The Labute approximate surface area is 214 Å². The molecule has 0 spiro atoms. The van der Waals surface area contributed by atoms with Crippen molar-refractivity contribution < 1.29 is 19.1 Å². The number of anilines is 1. The van der Waals surface area contributed by atoms with E-state index in [1.54, 1.807) is 48.5 Å². The summed E-state index contributed by atoms with van der Waals surface area (Å²) in [6.07, 6.45) is 1.59. The number of benzene rings is 3. The third kappa shape index (κ3) is 5.88. The highest BCUT2D eigenvalue weighted by atomic mass is 79.9. The minimum atomic E-state index is -0.532. The predicted molar refractivity (Wildman–Crippen MR) is 138 cm³/mol. The number of nitrogens with zero attached hydrogens (tertiary/aromatic N) is 1. The molecule has 1 saturated heterocycles.